The lowest BCUT2D eigenvalue weighted by molar-refractivity contribution is -0.145. The Hall–Kier alpha value is -4.44. The molecule has 9 nitrogen and oxygen atoms in total. The van der Waals surface area contributed by atoms with E-state index in [0.717, 1.165) is 11.3 Å². The van der Waals surface area contributed by atoms with Gasteiger partial charge in [-0.2, -0.15) is 0 Å². The van der Waals surface area contributed by atoms with Crippen molar-refractivity contribution in [3.8, 4) is 17.1 Å². The van der Waals surface area contributed by atoms with Crippen molar-refractivity contribution in [1.29, 1.82) is 0 Å². The summed E-state index contributed by atoms with van der Waals surface area (Å²) in [5.41, 5.74) is 2.85. The Morgan fingerprint density at radius 2 is 1.61 bits per heavy atom. The number of aromatic nitrogens is 3. The third-order valence-corrected chi connectivity index (χ3v) is 6.33. The van der Waals surface area contributed by atoms with Crippen molar-refractivity contribution in [2.75, 3.05) is 29.1 Å². The highest BCUT2D eigenvalue weighted by molar-refractivity contribution is 7.99. The van der Waals surface area contributed by atoms with E-state index in [4.69, 9.17) is 4.74 Å². The molecule has 0 bridgehead atoms. The molecule has 0 fully saturated rings. The minimum atomic E-state index is -0.577. The zero-order valence-electron chi connectivity index (χ0n) is 19.0. The van der Waals surface area contributed by atoms with E-state index in [2.05, 4.69) is 15.5 Å². The number of amides is 2. The summed E-state index contributed by atoms with van der Waals surface area (Å²) >= 11 is 1.17. The van der Waals surface area contributed by atoms with Crippen LogP contribution in [0.4, 0.5) is 11.4 Å². The average Bonchev–Trinajstić information content (AvgIpc) is 3.35. The van der Waals surface area contributed by atoms with Gasteiger partial charge >= 0.3 is 5.97 Å². The number of para-hydroxylation sites is 3. The standard InChI is InChI=1S/C26H21N5O4S/c32-22-15-30(21-14-8-7-13-20(21)27-22)23(33)16-35-24(34)17-36-26-29-28-25(18-9-3-1-4-10-18)31(26)19-11-5-2-6-12-19/h1-14H,15-17H2,(H,27,32). The second-order valence-electron chi connectivity index (χ2n) is 7.84. The highest BCUT2D eigenvalue weighted by Crippen LogP contribution is 2.29. The molecule has 5 rings (SSSR count). The summed E-state index contributed by atoms with van der Waals surface area (Å²) in [6.45, 7) is -0.605. The number of fused-ring (bicyclic) bond motifs is 1. The lowest BCUT2D eigenvalue weighted by Crippen LogP contribution is -2.44. The number of nitrogens with one attached hydrogen (secondary N) is 1. The number of carbonyl (C=O) groups excluding carboxylic acids is 3. The maximum absolute atomic E-state index is 12.7. The van der Waals surface area contributed by atoms with Crippen LogP contribution in [0.3, 0.4) is 0 Å². The Morgan fingerprint density at radius 1 is 0.917 bits per heavy atom. The molecular weight excluding hydrogens is 478 g/mol. The zero-order valence-corrected chi connectivity index (χ0v) is 19.9. The van der Waals surface area contributed by atoms with E-state index in [1.54, 1.807) is 24.3 Å². The van der Waals surface area contributed by atoms with Gasteiger partial charge in [-0.05, 0) is 24.3 Å². The van der Waals surface area contributed by atoms with Crippen molar-refractivity contribution in [3.05, 3.63) is 84.9 Å². The molecule has 180 valence electrons. The van der Waals surface area contributed by atoms with Gasteiger partial charge in [-0.3, -0.25) is 23.9 Å². The van der Waals surface area contributed by atoms with E-state index in [0.29, 0.717) is 22.4 Å². The summed E-state index contributed by atoms with van der Waals surface area (Å²) in [4.78, 5) is 38.5. The van der Waals surface area contributed by atoms with E-state index in [9.17, 15) is 14.4 Å². The van der Waals surface area contributed by atoms with Gasteiger partial charge in [0.15, 0.2) is 17.6 Å². The molecule has 0 saturated heterocycles. The predicted molar refractivity (Wildman–Crippen MR) is 136 cm³/mol. The lowest BCUT2D eigenvalue weighted by Gasteiger charge is -2.28. The van der Waals surface area contributed by atoms with E-state index in [1.165, 1.54) is 16.7 Å². The molecule has 4 aromatic rings. The molecule has 0 saturated carbocycles. The molecule has 10 heteroatoms. The number of hydrogen-bond acceptors (Lipinski definition) is 7. The molecule has 0 radical (unpaired) electrons. The minimum Gasteiger partial charge on any atom is -0.455 e. The molecule has 36 heavy (non-hydrogen) atoms. The Labute approximate surface area is 211 Å². The maximum Gasteiger partial charge on any atom is 0.316 e. The molecule has 0 atom stereocenters. The third-order valence-electron chi connectivity index (χ3n) is 5.43. The fourth-order valence-electron chi connectivity index (χ4n) is 3.79. The first-order chi connectivity index (χ1) is 17.6. The number of benzene rings is 3. The summed E-state index contributed by atoms with van der Waals surface area (Å²) in [6.07, 6.45) is 0. The number of rotatable bonds is 7. The molecule has 3 aromatic carbocycles. The number of anilines is 2. The smallest absolute Gasteiger partial charge is 0.316 e. The van der Waals surface area contributed by atoms with Gasteiger partial charge in [-0.25, -0.2) is 0 Å². The number of ether oxygens (including phenoxy) is 1. The first-order valence-corrected chi connectivity index (χ1v) is 12.1. The van der Waals surface area contributed by atoms with Gasteiger partial charge in [-0.15, -0.1) is 10.2 Å². The van der Waals surface area contributed by atoms with Crippen LogP contribution in [0.5, 0.6) is 0 Å². The van der Waals surface area contributed by atoms with Gasteiger partial charge in [0.2, 0.25) is 5.91 Å². The van der Waals surface area contributed by atoms with Crippen molar-refractivity contribution in [1.82, 2.24) is 14.8 Å². The molecule has 1 aromatic heterocycles. The zero-order chi connectivity index (χ0) is 24.9. The van der Waals surface area contributed by atoms with Crippen LogP contribution >= 0.6 is 11.8 Å². The minimum absolute atomic E-state index is 0.0654. The summed E-state index contributed by atoms with van der Waals surface area (Å²) in [5, 5.41) is 11.9. The number of carbonyl (C=O) groups is 3. The average molecular weight is 500 g/mol. The lowest BCUT2D eigenvalue weighted by atomic mass is 10.2. The van der Waals surface area contributed by atoms with E-state index < -0.39 is 18.5 Å². The number of hydrogen-bond donors (Lipinski definition) is 1. The Morgan fingerprint density at radius 3 is 2.39 bits per heavy atom. The third kappa shape index (κ3) is 4.98. The van der Waals surface area contributed by atoms with Crippen LogP contribution in [0.2, 0.25) is 0 Å². The Balaban J connectivity index is 1.26. The molecule has 0 spiro atoms. The maximum atomic E-state index is 12.7. The largest absolute Gasteiger partial charge is 0.455 e. The van der Waals surface area contributed by atoms with Crippen LogP contribution in [-0.4, -0.2) is 51.5 Å². The molecule has 1 aliphatic rings. The molecule has 2 heterocycles. The van der Waals surface area contributed by atoms with Crippen LogP contribution in [0.15, 0.2) is 90.1 Å². The number of nitrogens with zero attached hydrogens (tertiary/aromatic N) is 4. The number of thioether (sulfide) groups is 1. The van der Waals surface area contributed by atoms with Crippen molar-refractivity contribution in [3.63, 3.8) is 0 Å². The van der Waals surface area contributed by atoms with Gasteiger partial charge in [0.05, 0.1) is 17.1 Å². The summed E-state index contributed by atoms with van der Waals surface area (Å²) in [7, 11) is 0. The van der Waals surface area contributed by atoms with E-state index in [1.807, 2.05) is 65.2 Å². The van der Waals surface area contributed by atoms with E-state index >= 15 is 0 Å². The fraction of sp³-hybridized carbons (Fsp3) is 0.115. The normalized spacial score (nSPS) is 12.6. The van der Waals surface area contributed by atoms with Crippen LogP contribution in [0, 0.1) is 0 Å². The van der Waals surface area contributed by atoms with Crippen molar-refractivity contribution in [2.24, 2.45) is 0 Å². The van der Waals surface area contributed by atoms with E-state index in [-0.39, 0.29) is 18.2 Å². The summed E-state index contributed by atoms with van der Waals surface area (Å²) in [6, 6.07) is 26.2. The van der Waals surface area contributed by atoms with Crippen molar-refractivity contribution >= 4 is 40.9 Å². The second kappa shape index (κ2) is 10.4. The van der Waals surface area contributed by atoms with Crippen LogP contribution in [0.25, 0.3) is 17.1 Å². The molecule has 2 amide bonds. The molecular formula is C26H21N5O4S. The molecule has 0 unspecified atom stereocenters. The predicted octanol–water partition coefficient (Wildman–Crippen LogP) is 3.55. The molecule has 1 N–H and O–H groups in total. The highest BCUT2D eigenvalue weighted by Gasteiger charge is 2.27. The van der Waals surface area contributed by atoms with Gasteiger partial charge in [0, 0.05) is 11.3 Å². The first-order valence-electron chi connectivity index (χ1n) is 11.1. The topological polar surface area (TPSA) is 106 Å². The SMILES string of the molecule is O=C1CN(C(=O)COC(=O)CSc2nnc(-c3ccccc3)n2-c2ccccc2)c2ccccc2N1. The van der Waals surface area contributed by atoms with Crippen molar-refractivity contribution < 1.29 is 19.1 Å². The van der Waals surface area contributed by atoms with Crippen molar-refractivity contribution in [2.45, 2.75) is 5.16 Å². The highest BCUT2D eigenvalue weighted by atomic mass is 32.2. The van der Waals surface area contributed by atoms with Gasteiger partial charge in [-0.1, -0.05) is 72.4 Å². The fourth-order valence-corrected chi connectivity index (χ4v) is 4.54. The molecule has 0 aliphatic carbocycles. The van der Waals surface area contributed by atoms with Crippen LogP contribution < -0.4 is 10.2 Å². The number of esters is 1. The summed E-state index contributed by atoms with van der Waals surface area (Å²) in [5.74, 6) is -0.779. The monoisotopic (exact) mass is 499 g/mol. The second-order valence-corrected chi connectivity index (χ2v) is 8.78. The summed E-state index contributed by atoms with van der Waals surface area (Å²) < 4.78 is 7.10. The van der Waals surface area contributed by atoms with Crippen LogP contribution in [0.1, 0.15) is 0 Å². The van der Waals surface area contributed by atoms with Gasteiger partial charge < -0.3 is 10.1 Å². The van der Waals surface area contributed by atoms with Gasteiger partial charge in [0.1, 0.15) is 6.54 Å². The Bertz CT molecular complexity index is 1410. The first kappa shape index (κ1) is 23.3. The van der Waals surface area contributed by atoms with Crippen LogP contribution in [-0.2, 0) is 19.1 Å². The molecule has 1 aliphatic heterocycles. The van der Waals surface area contributed by atoms with Gasteiger partial charge in [0.25, 0.3) is 5.91 Å². The Kier molecular flexibility index (Phi) is 6.76. The quantitative estimate of drug-likeness (QED) is 0.306.